The molecule has 27 heavy (non-hydrogen) atoms. The lowest BCUT2D eigenvalue weighted by atomic mass is 9.88. The molecule has 0 spiro atoms. The molecule has 2 unspecified atom stereocenters. The van der Waals surface area contributed by atoms with Gasteiger partial charge in [-0.1, -0.05) is 60.7 Å². The van der Waals surface area contributed by atoms with E-state index in [1.807, 2.05) is 60.4 Å². The first-order valence-electron chi connectivity index (χ1n) is 9.60. The van der Waals surface area contributed by atoms with Crippen molar-refractivity contribution in [2.45, 2.75) is 32.4 Å². The van der Waals surface area contributed by atoms with Gasteiger partial charge < -0.3 is 15.5 Å². The Morgan fingerprint density at radius 1 is 0.963 bits per heavy atom. The molecule has 1 aliphatic heterocycles. The number of amides is 3. The van der Waals surface area contributed by atoms with Crippen LogP contribution in [0.1, 0.15) is 36.9 Å². The third kappa shape index (κ3) is 4.88. The van der Waals surface area contributed by atoms with Crippen LogP contribution in [0, 0.1) is 5.92 Å². The molecule has 0 saturated carbocycles. The molecule has 3 rings (SSSR count). The first-order valence-corrected chi connectivity index (χ1v) is 9.60. The highest BCUT2D eigenvalue weighted by Crippen LogP contribution is 2.33. The number of hydrogen-bond donors (Lipinski definition) is 2. The average molecular weight is 365 g/mol. The molecule has 2 N–H and O–H groups in total. The molecule has 2 aromatic rings. The Balaban J connectivity index is 1.73. The summed E-state index contributed by atoms with van der Waals surface area (Å²) in [6, 6.07) is 19.8. The molecule has 1 aliphatic rings. The molecular formula is C22H27N3O2. The van der Waals surface area contributed by atoms with E-state index in [9.17, 15) is 9.59 Å². The van der Waals surface area contributed by atoms with Crippen molar-refractivity contribution in [3.8, 4) is 0 Å². The molecule has 2 aromatic carbocycles. The number of nitrogens with zero attached hydrogens (tertiary/aromatic N) is 1. The molecule has 5 heteroatoms. The van der Waals surface area contributed by atoms with E-state index in [2.05, 4.69) is 22.8 Å². The second kappa shape index (κ2) is 9.21. The van der Waals surface area contributed by atoms with E-state index < -0.39 is 0 Å². The van der Waals surface area contributed by atoms with E-state index in [1.54, 1.807) is 0 Å². The van der Waals surface area contributed by atoms with E-state index in [4.69, 9.17) is 0 Å². The Labute approximate surface area is 160 Å². The number of carbonyl (C=O) groups excluding carboxylic acids is 2. The quantitative estimate of drug-likeness (QED) is 0.852. The van der Waals surface area contributed by atoms with Gasteiger partial charge >= 0.3 is 6.03 Å². The number of likely N-dealkylation sites (tertiary alicyclic amines) is 1. The highest BCUT2D eigenvalue weighted by molar-refractivity contribution is 5.81. The fraction of sp³-hybridized carbons (Fsp3) is 0.364. The van der Waals surface area contributed by atoms with Crippen LogP contribution in [0.3, 0.4) is 0 Å². The number of carbonyl (C=O) groups is 2. The number of piperidine rings is 1. The maximum absolute atomic E-state index is 13.0. The lowest BCUT2D eigenvalue weighted by Gasteiger charge is -2.39. The van der Waals surface area contributed by atoms with Crippen molar-refractivity contribution in [2.75, 3.05) is 13.1 Å². The Kier molecular flexibility index (Phi) is 6.47. The number of hydrogen-bond acceptors (Lipinski definition) is 2. The van der Waals surface area contributed by atoms with Crippen molar-refractivity contribution < 1.29 is 9.59 Å². The second-order valence-electron chi connectivity index (χ2n) is 6.89. The lowest BCUT2D eigenvalue weighted by Crippen LogP contribution is -2.50. The summed E-state index contributed by atoms with van der Waals surface area (Å²) in [5, 5.41) is 5.91. The van der Waals surface area contributed by atoms with Gasteiger partial charge in [0.25, 0.3) is 0 Å². The molecule has 0 aromatic heterocycles. The minimum Gasteiger partial charge on any atom is -0.356 e. The van der Waals surface area contributed by atoms with Gasteiger partial charge in [0.2, 0.25) is 5.91 Å². The van der Waals surface area contributed by atoms with Crippen molar-refractivity contribution >= 4 is 11.9 Å². The Morgan fingerprint density at radius 3 is 2.30 bits per heavy atom. The number of benzene rings is 2. The van der Waals surface area contributed by atoms with E-state index in [1.165, 1.54) is 0 Å². The fourth-order valence-corrected chi connectivity index (χ4v) is 3.62. The first-order chi connectivity index (χ1) is 13.2. The summed E-state index contributed by atoms with van der Waals surface area (Å²) < 4.78 is 0. The van der Waals surface area contributed by atoms with Crippen molar-refractivity contribution in [1.82, 2.24) is 15.5 Å². The molecule has 0 radical (unpaired) electrons. The molecule has 5 nitrogen and oxygen atoms in total. The highest BCUT2D eigenvalue weighted by atomic mass is 16.2. The Hall–Kier alpha value is -2.82. The number of nitrogens with one attached hydrogen (secondary N) is 2. The van der Waals surface area contributed by atoms with Crippen LogP contribution < -0.4 is 10.6 Å². The van der Waals surface area contributed by atoms with Crippen LogP contribution >= 0.6 is 0 Å². The SMILES string of the molecule is CCNC(=O)C1CCC(c2ccccc2)N(C(=O)NCc2ccccc2)C1. The zero-order valence-electron chi connectivity index (χ0n) is 15.7. The normalized spacial score (nSPS) is 19.4. The average Bonchev–Trinajstić information content (AvgIpc) is 2.73. The van der Waals surface area contributed by atoms with E-state index >= 15 is 0 Å². The van der Waals surface area contributed by atoms with Gasteiger partial charge in [-0.05, 0) is 30.9 Å². The van der Waals surface area contributed by atoms with Crippen LogP contribution in [-0.4, -0.2) is 29.9 Å². The topological polar surface area (TPSA) is 61.4 Å². The fourth-order valence-electron chi connectivity index (χ4n) is 3.62. The van der Waals surface area contributed by atoms with Gasteiger partial charge in [0.1, 0.15) is 0 Å². The summed E-state index contributed by atoms with van der Waals surface area (Å²) >= 11 is 0. The van der Waals surface area contributed by atoms with Crippen LogP contribution in [0.4, 0.5) is 4.79 Å². The van der Waals surface area contributed by atoms with Crippen LogP contribution in [0.5, 0.6) is 0 Å². The Morgan fingerprint density at radius 2 is 1.63 bits per heavy atom. The van der Waals surface area contributed by atoms with E-state index in [-0.39, 0.29) is 23.9 Å². The zero-order valence-corrected chi connectivity index (χ0v) is 15.7. The summed E-state index contributed by atoms with van der Waals surface area (Å²) in [5.74, 6) is -0.128. The summed E-state index contributed by atoms with van der Waals surface area (Å²) in [7, 11) is 0. The summed E-state index contributed by atoms with van der Waals surface area (Å²) in [6.07, 6.45) is 1.57. The van der Waals surface area contributed by atoms with Crippen molar-refractivity contribution in [3.63, 3.8) is 0 Å². The van der Waals surface area contributed by atoms with Crippen LogP contribution in [0.2, 0.25) is 0 Å². The molecule has 0 aliphatic carbocycles. The molecule has 142 valence electrons. The van der Waals surface area contributed by atoms with E-state index in [0.29, 0.717) is 19.6 Å². The maximum atomic E-state index is 13.0. The molecule has 2 atom stereocenters. The first kappa shape index (κ1) is 19.0. The maximum Gasteiger partial charge on any atom is 0.318 e. The van der Waals surface area contributed by atoms with Crippen molar-refractivity contribution in [2.24, 2.45) is 5.92 Å². The molecule has 1 heterocycles. The number of rotatable bonds is 5. The molecular weight excluding hydrogens is 338 g/mol. The third-order valence-electron chi connectivity index (χ3n) is 5.04. The molecule has 0 bridgehead atoms. The Bertz CT molecular complexity index is 749. The monoisotopic (exact) mass is 365 g/mol. The zero-order chi connectivity index (χ0) is 19.1. The van der Waals surface area contributed by atoms with Crippen molar-refractivity contribution in [1.29, 1.82) is 0 Å². The smallest absolute Gasteiger partial charge is 0.318 e. The van der Waals surface area contributed by atoms with Crippen molar-refractivity contribution in [3.05, 3.63) is 71.8 Å². The third-order valence-corrected chi connectivity index (χ3v) is 5.04. The van der Waals surface area contributed by atoms with Gasteiger partial charge in [-0.25, -0.2) is 4.79 Å². The summed E-state index contributed by atoms with van der Waals surface area (Å²) in [4.78, 5) is 27.1. The molecule has 3 amide bonds. The predicted octanol–water partition coefficient (Wildman–Crippen LogP) is 3.49. The van der Waals surface area contributed by atoms with Gasteiger partial charge in [-0.3, -0.25) is 4.79 Å². The van der Waals surface area contributed by atoms with Crippen LogP contribution in [-0.2, 0) is 11.3 Å². The minimum atomic E-state index is -0.160. The van der Waals surface area contributed by atoms with Crippen LogP contribution in [0.25, 0.3) is 0 Å². The molecule has 1 fully saturated rings. The predicted molar refractivity (Wildman–Crippen MR) is 106 cm³/mol. The summed E-state index contributed by atoms with van der Waals surface area (Å²) in [6.45, 7) is 3.44. The standard InChI is InChI=1S/C22H27N3O2/c1-2-23-21(26)19-13-14-20(18-11-7-4-8-12-18)25(16-19)22(27)24-15-17-9-5-3-6-10-17/h3-12,19-20H,2,13-16H2,1H3,(H,23,26)(H,24,27). The van der Waals surface area contributed by atoms with Gasteiger partial charge in [0.15, 0.2) is 0 Å². The summed E-state index contributed by atoms with van der Waals surface area (Å²) in [5.41, 5.74) is 2.17. The van der Waals surface area contributed by atoms with Gasteiger partial charge in [0.05, 0.1) is 12.0 Å². The molecule has 1 saturated heterocycles. The second-order valence-corrected chi connectivity index (χ2v) is 6.89. The van der Waals surface area contributed by atoms with Crippen LogP contribution in [0.15, 0.2) is 60.7 Å². The van der Waals surface area contributed by atoms with Gasteiger partial charge in [-0.2, -0.15) is 0 Å². The van der Waals surface area contributed by atoms with Gasteiger partial charge in [-0.15, -0.1) is 0 Å². The lowest BCUT2D eigenvalue weighted by molar-refractivity contribution is -0.126. The number of urea groups is 1. The minimum absolute atomic E-state index is 0.00681. The van der Waals surface area contributed by atoms with Gasteiger partial charge in [0, 0.05) is 19.6 Å². The largest absolute Gasteiger partial charge is 0.356 e. The highest BCUT2D eigenvalue weighted by Gasteiger charge is 2.35. The van der Waals surface area contributed by atoms with E-state index in [0.717, 1.165) is 24.0 Å².